The van der Waals surface area contributed by atoms with Gasteiger partial charge in [-0.15, -0.1) is 0 Å². The van der Waals surface area contributed by atoms with Crippen LogP contribution in [0.25, 0.3) is 22.0 Å². The van der Waals surface area contributed by atoms with Crippen molar-refractivity contribution >= 4 is 27.9 Å². The number of piperidine rings is 1. The first-order valence-corrected chi connectivity index (χ1v) is 8.31. The van der Waals surface area contributed by atoms with Crippen LogP contribution >= 0.6 is 0 Å². The van der Waals surface area contributed by atoms with Crippen molar-refractivity contribution < 1.29 is 13.9 Å². The highest BCUT2D eigenvalue weighted by atomic mass is 16.5. The van der Waals surface area contributed by atoms with Crippen LogP contribution in [0.1, 0.15) is 30.3 Å². The molecule has 1 fully saturated rings. The molecule has 1 amide bonds. The Balaban J connectivity index is 1.71. The van der Waals surface area contributed by atoms with Gasteiger partial charge in [-0.25, -0.2) is 4.98 Å². The summed E-state index contributed by atoms with van der Waals surface area (Å²) >= 11 is 0. The molecule has 0 radical (unpaired) electrons. The summed E-state index contributed by atoms with van der Waals surface area (Å²) in [7, 11) is 1.63. The van der Waals surface area contributed by atoms with Gasteiger partial charge in [0.05, 0.1) is 12.6 Å². The van der Waals surface area contributed by atoms with Crippen molar-refractivity contribution in [1.82, 2.24) is 9.88 Å². The van der Waals surface area contributed by atoms with E-state index in [4.69, 9.17) is 9.15 Å². The molecule has 1 aromatic carbocycles. The van der Waals surface area contributed by atoms with Crippen LogP contribution in [0.2, 0.25) is 0 Å². The van der Waals surface area contributed by atoms with Crippen LogP contribution < -0.4 is 4.74 Å². The molecule has 1 atom stereocenters. The largest absolute Gasteiger partial charge is 0.497 e. The molecule has 0 spiro atoms. The van der Waals surface area contributed by atoms with E-state index in [0.717, 1.165) is 41.5 Å². The fourth-order valence-corrected chi connectivity index (χ4v) is 3.37. The molecular formula is C19H20N2O3. The lowest BCUT2D eigenvalue weighted by Gasteiger charge is -2.30. The van der Waals surface area contributed by atoms with Gasteiger partial charge in [-0.1, -0.05) is 6.92 Å². The van der Waals surface area contributed by atoms with Crippen molar-refractivity contribution in [2.45, 2.75) is 19.8 Å². The molecule has 4 rings (SSSR count). The van der Waals surface area contributed by atoms with Gasteiger partial charge in [-0.3, -0.25) is 4.79 Å². The summed E-state index contributed by atoms with van der Waals surface area (Å²) in [4.78, 5) is 19.1. The Bertz CT molecular complexity index is 916. The van der Waals surface area contributed by atoms with E-state index in [9.17, 15) is 4.79 Å². The average Bonchev–Trinajstić information content (AvgIpc) is 3.01. The van der Waals surface area contributed by atoms with Crippen LogP contribution in [-0.4, -0.2) is 36.0 Å². The minimum absolute atomic E-state index is 0.0406. The summed E-state index contributed by atoms with van der Waals surface area (Å²) in [5.74, 6) is 1.62. The lowest BCUT2D eigenvalue weighted by atomic mass is 10.0. The monoisotopic (exact) mass is 324 g/mol. The van der Waals surface area contributed by atoms with Gasteiger partial charge in [-0.05, 0) is 43.0 Å². The molecule has 3 aromatic rings. The zero-order chi connectivity index (χ0) is 16.7. The third-order valence-corrected chi connectivity index (χ3v) is 4.67. The van der Waals surface area contributed by atoms with Crippen molar-refractivity contribution in [2.75, 3.05) is 20.2 Å². The van der Waals surface area contributed by atoms with Gasteiger partial charge in [-0.2, -0.15) is 0 Å². The van der Waals surface area contributed by atoms with Crippen molar-refractivity contribution in [2.24, 2.45) is 5.92 Å². The number of amides is 1. The SMILES string of the molecule is COc1ccc2cc3cc(C(=O)N4CCC[C@@H](C)C4)oc3nc2c1. The molecule has 5 heteroatoms. The molecule has 0 unspecified atom stereocenters. The summed E-state index contributed by atoms with van der Waals surface area (Å²) in [5, 5.41) is 1.84. The first-order valence-electron chi connectivity index (χ1n) is 8.31. The quantitative estimate of drug-likeness (QED) is 0.718. The number of carbonyl (C=O) groups excluding carboxylic acids is 1. The number of hydrogen-bond acceptors (Lipinski definition) is 4. The Morgan fingerprint density at radius 1 is 1.29 bits per heavy atom. The van der Waals surface area contributed by atoms with Crippen LogP contribution in [0.3, 0.4) is 0 Å². The standard InChI is InChI=1S/C19H20N2O3/c1-12-4-3-7-21(11-12)19(22)17-9-14-8-13-5-6-15(23-2)10-16(13)20-18(14)24-17/h5-6,8-10,12H,3-4,7,11H2,1-2H3/t12-/m1/s1. The van der Waals surface area contributed by atoms with E-state index in [2.05, 4.69) is 11.9 Å². The van der Waals surface area contributed by atoms with Gasteiger partial charge < -0.3 is 14.1 Å². The maximum atomic E-state index is 12.7. The number of likely N-dealkylation sites (tertiary alicyclic amines) is 1. The lowest BCUT2D eigenvalue weighted by Crippen LogP contribution is -2.38. The number of aromatic nitrogens is 1. The first kappa shape index (κ1) is 15.0. The third kappa shape index (κ3) is 2.60. The number of hydrogen-bond donors (Lipinski definition) is 0. The van der Waals surface area contributed by atoms with E-state index < -0.39 is 0 Å². The van der Waals surface area contributed by atoms with Crippen LogP contribution in [0, 0.1) is 5.92 Å². The van der Waals surface area contributed by atoms with Gasteiger partial charge in [0, 0.05) is 29.9 Å². The van der Waals surface area contributed by atoms with Gasteiger partial charge in [0.2, 0.25) is 5.71 Å². The van der Waals surface area contributed by atoms with E-state index in [1.54, 1.807) is 13.2 Å². The number of benzene rings is 1. The molecule has 124 valence electrons. The number of carbonyl (C=O) groups is 1. The minimum atomic E-state index is -0.0406. The smallest absolute Gasteiger partial charge is 0.289 e. The number of furan rings is 1. The molecule has 0 N–H and O–H groups in total. The third-order valence-electron chi connectivity index (χ3n) is 4.67. The zero-order valence-corrected chi connectivity index (χ0v) is 13.9. The van der Waals surface area contributed by atoms with E-state index in [-0.39, 0.29) is 5.91 Å². The van der Waals surface area contributed by atoms with E-state index >= 15 is 0 Å². The highest BCUT2D eigenvalue weighted by molar-refractivity contribution is 5.98. The van der Waals surface area contributed by atoms with Crippen molar-refractivity contribution in [3.05, 3.63) is 36.1 Å². The fourth-order valence-electron chi connectivity index (χ4n) is 3.37. The Morgan fingerprint density at radius 3 is 2.96 bits per heavy atom. The number of fused-ring (bicyclic) bond motifs is 2. The molecule has 3 heterocycles. The van der Waals surface area contributed by atoms with Gasteiger partial charge in [0.1, 0.15) is 5.75 Å². The molecule has 0 saturated carbocycles. The van der Waals surface area contributed by atoms with E-state index in [1.165, 1.54) is 6.42 Å². The average molecular weight is 324 g/mol. The Hall–Kier alpha value is -2.56. The maximum absolute atomic E-state index is 12.7. The second-order valence-electron chi connectivity index (χ2n) is 6.55. The van der Waals surface area contributed by atoms with Gasteiger partial charge >= 0.3 is 0 Å². The molecular weight excluding hydrogens is 304 g/mol. The summed E-state index contributed by atoms with van der Waals surface area (Å²) in [6, 6.07) is 9.52. The molecule has 0 bridgehead atoms. The second-order valence-corrected chi connectivity index (χ2v) is 6.55. The Labute approximate surface area is 140 Å². The van der Waals surface area contributed by atoms with Crippen molar-refractivity contribution in [3.63, 3.8) is 0 Å². The van der Waals surface area contributed by atoms with Crippen LogP contribution in [0.4, 0.5) is 0 Å². The highest BCUT2D eigenvalue weighted by Crippen LogP contribution is 2.27. The van der Waals surface area contributed by atoms with Crippen molar-refractivity contribution in [1.29, 1.82) is 0 Å². The first-order chi connectivity index (χ1) is 11.6. The summed E-state index contributed by atoms with van der Waals surface area (Å²) < 4.78 is 11.0. The predicted molar refractivity (Wildman–Crippen MR) is 92.4 cm³/mol. The summed E-state index contributed by atoms with van der Waals surface area (Å²) in [6.45, 7) is 3.77. The summed E-state index contributed by atoms with van der Waals surface area (Å²) in [5.41, 5.74) is 1.28. The lowest BCUT2D eigenvalue weighted by molar-refractivity contribution is 0.0653. The number of pyridine rings is 1. The topological polar surface area (TPSA) is 55.6 Å². The fraction of sp³-hybridized carbons (Fsp3) is 0.368. The molecule has 1 aliphatic rings. The summed E-state index contributed by atoms with van der Waals surface area (Å²) in [6.07, 6.45) is 2.23. The number of ether oxygens (including phenoxy) is 1. The number of methoxy groups -OCH3 is 1. The van der Waals surface area contributed by atoms with Crippen LogP contribution in [-0.2, 0) is 0 Å². The molecule has 0 aliphatic carbocycles. The predicted octanol–water partition coefficient (Wildman–Crippen LogP) is 3.86. The second kappa shape index (κ2) is 5.82. The minimum Gasteiger partial charge on any atom is -0.497 e. The van der Waals surface area contributed by atoms with Gasteiger partial charge in [0.15, 0.2) is 5.76 Å². The molecule has 24 heavy (non-hydrogen) atoms. The van der Waals surface area contributed by atoms with Crippen LogP contribution in [0.15, 0.2) is 34.7 Å². The molecule has 2 aromatic heterocycles. The molecule has 1 aliphatic heterocycles. The van der Waals surface area contributed by atoms with E-state index in [0.29, 0.717) is 17.4 Å². The normalized spacial score (nSPS) is 18.2. The van der Waals surface area contributed by atoms with Crippen LogP contribution in [0.5, 0.6) is 5.75 Å². The molecule has 1 saturated heterocycles. The maximum Gasteiger partial charge on any atom is 0.289 e. The number of nitrogens with zero attached hydrogens (tertiary/aromatic N) is 2. The van der Waals surface area contributed by atoms with Gasteiger partial charge in [0.25, 0.3) is 5.91 Å². The number of rotatable bonds is 2. The Morgan fingerprint density at radius 2 is 2.17 bits per heavy atom. The van der Waals surface area contributed by atoms with E-state index in [1.807, 2.05) is 29.2 Å². The Kier molecular flexibility index (Phi) is 3.63. The van der Waals surface area contributed by atoms with Crippen molar-refractivity contribution in [3.8, 4) is 5.75 Å². The molecule has 5 nitrogen and oxygen atoms in total. The zero-order valence-electron chi connectivity index (χ0n) is 13.9. The highest BCUT2D eigenvalue weighted by Gasteiger charge is 2.24.